The molecule has 5 nitrogen and oxygen atoms in total. The topological polar surface area (TPSA) is 70.6 Å². The lowest BCUT2D eigenvalue weighted by Crippen LogP contribution is -2.29. The lowest BCUT2D eigenvalue weighted by molar-refractivity contribution is -0.122. The van der Waals surface area contributed by atoms with Crippen LogP contribution in [0.4, 0.5) is 14.5 Å². The Bertz CT molecular complexity index is 806. The van der Waals surface area contributed by atoms with Crippen LogP contribution in [0.5, 0.6) is 0 Å². The molecule has 2 N–H and O–H groups in total. The number of benzene rings is 1. The van der Waals surface area contributed by atoms with Gasteiger partial charge in [-0.2, -0.15) is 0 Å². The highest BCUT2D eigenvalue weighted by molar-refractivity contribution is 8.15. The summed E-state index contributed by atoms with van der Waals surface area (Å²) in [7, 11) is 0. The molecule has 0 aromatic heterocycles. The van der Waals surface area contributed by atoms with Gasteiger partial charge in [0.05, 0.1) is 6.04 Å². The number of nitrogens with zero attached hydrogens (tertiary/aromatic N) is 1. The van der Waals surface area contributed by atoms with Crippen molar-refractivity contribution in [3.8, 4) is 0 Å². The number of nitrogens with one attached hydrogen (secondary N) is 2. The molecule has 1 heterocycles. The standard InChI is InChI=1S/C18H17F2N3O2S/c19-11-2-1-3-12(20)16(11)22-15(24)8-14-17(25)23-18(26-14)21-13-7-9-4-5-10(13)6-9/h1-5,9-10,13-14H,6-8H2,(H,22,24)(H,21,23,25). The van der Waals surface area contributed by atoms with E-state index in [0.29, 0.717) is 17.0 Å². The van der Waals surface area contributed by atoms with Crippen molar-refractivity contribution < 1.29 is 18.4 Å². The Morgan fingerprint density at radius 2 is 2.04 bits per heavy atom. The molecule has 2 bridgehead atoms. The summed E-state index contributed by atoms with van der Waals surface area (Å²) < 4.78 is 27.2. The van der Waals surface area contributed by atoms with E-state index in [4.69, 9.17) is 0 Å². The average molecular weight is 377 g/mol. The molecule has 2 amide bonds. The Morgan fingerprint density at radius 1 is 1.27 bits per heavy atom. The van der Waals surface area contributed by atoms with E-state index in [-0.39, 0.29) is 18.4 Å². The minimum absolute atomic E-state index is 0.174. The molecular formula is C18H17F2N3O2S. The van der Waals surface area contributed by atoms with E-state index in [2.05, 4.69) is 27.8 Å². The molecule has 2 aliphatic carbocycles. The highest BCUT2D eigenvalue weighted by Gasteiger charge is 2.38. The molecule has 4 rings (SSSR count). The lowest BCUT2D eigenvalue weighted by atomic mass is 10.0. The summed E-state index contributed by atoms with van der Waals surface area (Å²) in [5.74, 6) is -1.63. The summed E-state index contributed by atoms with van der Waals surface area (Å²) in [4.78, 5) is 28.8. The van der Waals surface area contributed by atoms with Gasteiger partial charge in [0.25, 0.3) is 0 Å². The number of carbonyl (C=O) groups excluding carboxylic acids is 2. The second-order valence-corrected chi connectivity index (χ2v) is 7.92. The SMILES string of the molecule is O=C(CC1SC(=NC2CC3C=CC2C3)NC1=O)Nc1c(F)cccc1F. The largest absolute Gasteiger partial charge is 0.321 e. The molecule has 2 fully saturated rings. The fraction of sp³-hybridized carbons (Fsp3) is 0.389. The van der Waals surface area contributed by atoms with E-state index in [1.807, 2.05) is 0 Å². The summed E-state index contributed by atoms with van der Waals surface area (Å²) in [5, 5.41) is 4.78. The molecule has 0 spiro atoms. The monoisotopic (exact) mass is 377 g/mol. The molecular weight excluding hydrogens is 360 g/mol. The van der Waals surface area contributed by atoms with Crippen LogP contribution < -0.4 is 10.6 Å². The molecule has 1 aliphatic heterocycles. The summed E-state index contributed by atoms with van der Waals surface area (Å²) in [6.07, 6.45) is 6.31. The average Bonchev–Trinajstić information content (AvgIpc) is 3.28. The summed E-state index contributed by atoms with van der Waals surface area (Å²) >= 11 is 1.20. The molecule has 1 saturated heterocycles. The van der Waals surface area contributed by atoms with Gasteiger partial charge in [-0.3, -0.25) is 14.6 Å². The van der Waals surface area contributed by atoms with Crippen LogP contribution in [0, 0.1) is 23.5 Å². The van der Waals surface area contributed by atoms with E-state index in [9.17, 15) is 18.4 Å². The van der Waals surface area contributed by atoms with Crippen LogP contribution in [0.2, 0.25) is 0 Å². The van der Waals surface area contributed by atoms with Crippen molar-refractivity contribution in [3.05, 3.63) is 42.0 Å². The number of allylic oxidation sites excluding steroid dienone is 1. The molecule has 0 radical (unpaired) electrons. The number of aliphatic imine (C=N–C) groups is 1. The van der Waals surface area contributed by atoms with E-state index < -0.39 is 28.5 Å². The van der Waals surface area contributed by atoms with Crippen molar-refractivity contribution in [3.63, 3.8) is 0 Å². The summed E-state index contributed by atoms with van der Waals surface area (Å²) in [6.45, 7) is 0. The number of thioether (sulfide) groups is 1. The third kappa shape index (κ3) is 3.38. The number of anilines is 1. The van der Waals surface area contributed by atoms with Crippen molar-refractivity contribution in [2.45, 2.75) is 30.6 Å². The van der Waals surface area contributed by atoms with Crippen LogP contribution in [-0.4, -0.2) is 28.3 Å². The van der Waals surface area contributed by atoms with E-state index in [1.165, 1.54) is 17.8 Å². The number of fused-ring (bicyclic) bond motifs is 2. The fourth-order valence-corrected chi connectivity index (χ4v) is 4.65. The Balaban J connectivity index is 1.37. The van der Waals surface area contributed by atoms with Gasteiger partial charge in [0, 0.05) is 6.42 Å². The number of carbonyl (C=O) groups is 2. The summed E-state index contributed by atoms with van der Waals surface area (Å²) in [6, 6.07) is 3.51. The number of amides is 2. The Kier molecular flexibility index (Phi) is 4.52. The number of halogens is 2. The first-order valence-electron chi connectivity index (χ1n) is 8.47. The molecule has 1 aromatic carbocycles. The van der Waals surface area contributed by atoms with Gasteiger partial charge in [-0.15, -0.1) is 0 Å². The van der Waals surface area contributed by atoms with Gasteiger partial charge in [-0.25, -0.2) is 8.78 Å². The van der Waals surface area contributed by atoms with E-state index in [1.54, 1.807) is 0 Å². The van der Waals surface area contributed by atoms with Gasteiger partial charge in [0.2, 0.25) is 11.8 Å². The van der Waals surface area contributed by atoms with Crippen molar-refractivity contribution >= 4 is 34.4 Å². The van der Waals surface area contributed by atoms with Crippen molar-refractivity contribution in [1.29, 1.82) is 0 Å². The van der Waals surface area contributed by atoms with Crippen molar-refractivity contribution in [2.75, 3.05) is 5.32 Å². The minimum atomic E-state index is -0.853. The zero-order chi connectivity index (χ0) is 18.3. The molecule has 136 valence electrons. The highest BCUT2D eigenvalue weighted by atomic mass is 32.2. The molecule has 26 heavy (non-hydrogen) atoms. The molecule has 3 aliphatic rings. The van der Waals surface area contributed by atoms with Crippen LogP contribution in [0.1, 0.15) is 19.3 Å². The van der Waals surface area contributed by atoms with E-state index in [0.717, 1.165) is 25.0 Å². The molecule has 8 heteroatoms. The second-order valence-electron chi connectivity index (χ2n) is 6.73. The van der Waals surface area contributed by atoms with Crippen LogP contribution in [0.15, 0.2) is 35.3 Å². The Hall–Kier alpha value is -2.22. The maximum atomic E-state index is 13.6. The summed E-state index contributed by atoms with van der Waals surface area (Å²) in [5.41, 5.74) is -0.497. The number of para-hydroxylation sites is 1. The van der Waals surface area contributed by atoms with E-state index >= 15 is 0 Å². The van der Waals surface area contributed by atoms with Crippen molar-refractivity contribution in [1.82, 2.24) is 5.32 Å². The van der Waals surface area contributed by atoms with Crippen LogP contribution in [0.25, 0.3) is 0 Å². The zero-order valence-corrected chi connectivity index (χ0v) is 14.6. The maximum Gasteiger partial charge on any atom is 0.240 e. The third-order valence-electron chi connectivity index (χ3n) is 4.90. The quantitative estimate of drug-likeness (QED) is 0.793. The predicted molar refractivity (Wildman–Crippen MR) is 95.7 cm³/mol. The van der Waals surface area contributed by atoms with Gasteiger partial charge < -0.3 is 10.6 Å². The number of hydrogen-bond donors (Lipinski definition) is 2. The lowest BCUT2D eigenvalue weighted by Gasteiger charge is -2.13. The second kappa shape index (κ2) is 6.83. The number of rotatable bonds is 4. The normalized spacial score (nSPS) is 30.8. The molecule has 4 unspecified atom stereocenters. The van der Waals surface area contributed by atoms with Gasteiger partial charge in [-0.05, 0) is 36.8 Å². The van der Waals surface area contributed by atoms with Crippen molar-refractivity contribution in [2.24, 2.45) is 16.8 Å². The van der Waals surface area contributed by atoms with Gasteiger partial charge in [0.1, 0.15) is 22.6 Å². The van der Waals surface area contributed by atoms with Gasteiger partial charge >= 0.3 is 0 Å². The predicted octanol–water partition coefficient (Wildman–Crippen LogP) is 2.85. The zero-order valence-electron chi connectivity index (χ0n) is 13.7. The smallest absolute Gasteiger partial charge is 0.240 e. The molecule has 1 aromatic rings. The van der Waals surface area contributed by atoms with Crippen LogP contribution in [0.3, 0.4) is 0 Å². The van der Waals surface area contributed by atoms with Gasteiger partial charge in [0.15, 0.2) is 5.17 Å². The number of amidine groups is 1. The Labute approximate surface area is 153 Å². The Morgan fingerprint density at radius 3 is 2.69 bits per heavy atom. The number of hydrogen-bond acceptors (Lipinski definition) is 4. The molecule has 4 atom stereocenters. The maximum absolute atomic E-state index is 13.6. The molecule has 1 saturated carbocycles. The third-order valence-corrected chi connectivity index (χ3v) is 6.00. The first-order chi connectivity index (χ1) is 12.5. The van der Waals surface area contributed by atoms with Gasteiger partial charge in [-0.1, -0.05) is 30.0 Å². The van der Waals surface area contributed by atoms with Crippen LogP contribution >= 0.6 is 11.8 Å². The first-order valence-corrected chi connectivity index (χ1v) is 9.35. The fourth-order valence-electron chi connectivity index (χ4n) is 3.63. The highest BCUT2D eigenvalue weighted by Crippen LogP contribution is 2.41. The minimum Gasteiger partial charge on any atom is -0.321 e. The first kappa shape index (κ1) is 17.2. The van der Waals surface area contributed by atoms with Crippen LogP contribution in [-0.2, 0) is 9.59 Å².